The molecule has 1 saturated carbocycles. The molecular weight excluding hydrogens is 202 g/mol. The molecule has 2 unspecified atom stereocenters. The molecule has 1 fully saturated rings. The number of nitrogens with zero attached hydrogens (tertiary/aromatic N) is 2. The summed E-state index contributed by atoms with van der Waals surface area (Å²) in [4.78, 5) is 13.3. The van der Waals surface area contributed by atoms with Crippen LogP contribution in [0.5, 0.6) is 0 Å². The topological polar surface area (TPSA) is 56.1 Å². The standard InChI is InChI=1S/C12H21N3O/c1-14-12(16)7-8-15(2)11-6-4-3-5-10(11)9-13/h10-11H,3-8H2,1-2H3,(H,14,16). The molecule has 0 saturated heterocycles. The van der Waals surface area contributed by atoms with Crippen LogP contribution in [0.25, 0.3) is 0 Å². The number of hydrogen-bond donors (Lipinski definition) is 1. The molecule has 1 rings (SSSR count). The van der Waals surface area contributed by atoms with E-state index in [0.29, 0.717) is 12.5 Å². The van der Waals surface area contributed by atoms with Crippen molar-refractivity contribution in [2.24, 2.45) is 5.92 Å². The van der Waals surface area contributed by atoms with Gasteiger partial charge in [0.2, 0.25) is 5.91 Å². The molecule has 0 aromatic rings. The van der Waals surface area contributed by atoms with E-state index in [9.17, 15) is 4.79 Å². The molecule has 0 bridgehead atoms. The van der Waals surface area contributed by atoms with Gasteiger partial charge in [0.25, 0.3) is 0 Å². The predicted octanol–water partition coefficient (Wildman–Crippen LogP) is 1.14. The van der Waals surface area contributed by atoms with E-state index in [4.69, 9.17) is 5.26 Å². The lowest BCUT2D eigenvalue weighted by molar-refractivity contribution is -0.121. The SMILES string of the molecule is CNC(=O)CCN(C)C1CCCCC1C#N. The number of rotatable bonds is 4. The Bertz CT molecular complexity index is 272. The first-order chi connectivity index (χ1) is 7.69. The summed E-state index contributed by atoms with van der Waals surface area (Å²) in [5.41, 5.74) is 0. The Morgan fingerprint density at radius 3 is 2.81 bits per heavy atom. The maximum Gasteiger partial charge on any atom is 0.221 e. The Morgan fingerprint density at radius 1 is 1.50 bits per heavy atom. The Morgan fingerprint density at radius 2 is 2.19 bits per heavy atom. The molecule has 0 spiro atoms. The highest BCUT2D eigenvalue weighted by molar-refractivity contribution is 5.75. The van der Waals surface area contributed by atoms with Crippen molar-refractivity contribution in [3.63, 3.8) is 0 Å². The summed E-state index contributed by atoms with van der Waals surface area (Å²) in [6.45, 7) is 0.739. The highest BCUT2D eigenvalue weighted by Crippen LogP contribution is 2.27. The van der Waals surface area contributed by atoms with Crippen molar-refractivity contribution in [1.82, 2.24) is 10.2 Å². The highest BCUT2D eigenvalue weighted by Gasteiger charge is 2.28. The Hall–Kier alpha value is -1.08. The van der Waals surface area contributed by atoms with Crippen LogP contribution in [0.2, 0.25) is 0 Å². The first kappa shape index (κ1) is 13.0. The maximum atomic E-state index is 11.1. The minimum Gasteiger partial charge on any atom is -0.359 e. The van der Waals surface area contributed by atoms with E-state index in [0.717, 1.165) is 25.8 Å². The average Bonchev–Trinajstić information content (AvgIpc) is 2.35. The van der Waals surface area contributed by atoms with Gasteiger partial charge in [-0.3, -0.25) is 4.79 Å². The zero-order chi connectivity index (χ0) is 12.0. The largest absolute Gasteiger partial charge is 0.359 e. The second kappa shape index (κ2) is 6.49. The smallest absolute Gasteiger partial charge is 0.221 e. The lowest BCUT2D eigenvalue weighted by Crippen LogP contribution is -2.41. The van der Waals surface area contributed by atoms with E-state index in [1.807, 2.05) is 7.05 Å². The van der Waals surface area contributed by atoms with Crippen LogP contribution in [0.15, 0.2) is 0 Å². The zero-order valence-corrected chi connectivity index (χ0v) is 10.2. The van der Waals surface area contributed by atoms with E-state index >= 15 is 0 Å². The van der Waals surface area contributed by atoms with Gasteiger partial charge < -0.3 is 10.2 Å². The van der Waals surface area contributed by atoms with Crippen molar-refractivity contribution in [3.05, 3.63) is 0 Å². The van der Waals surface area contributed by atoms with Crippen molar-refractivity contribution >= 4 is 5.91 Å². The molecule has 1 amide bonds. The van der Waals surface area contributed by atoms with E-state index in [1.165, 1.54) is 6.42 Å². The minimum atomic E-state index is 0.0659. The molecule has 2 atom stereocenters. The Kier molecular flexibility index (Phi) is 5.27. The van der Waals surface area contributed by atoms with Gasteiger partial charge in [0, 0.05) is 26.1 Å². The van der Waals surface area contributed by atoms with Gasteiger partial charge in [-0.25, -0.2) is 0 Å². The van der Waals surface area contributed by atoms with Crippen molar-refractivity contribution in [1.29, 1.82) is 5.26 Å². The number of nitriles is 1. The van der Waals surface area contributed by atoms with Crippen LogP contribution in [0, 0.1) is 17.2 Å². The molecule has 0 aromatic carbocycles. The third-order valence-electron chi connectivity index (χ3n) is 3.43. The van der Waals surface area contributed by atoms with Gasteiger partial charge >= 0.3 is 0 Å². The molecule has 16 heavy (non-hydrogen) atoms. The quantitative estimate of drug-likeness (QED) is 0.777. The second-order valence-corrected chi connectivity index (χ2v) is 4.49. The lowest BCUT2D eigenvalue weighted by atomic mass is 9.84. The van der Waals surface area contributed by atoms with Gasteiger partial charge in [-0.05, 0) is 19.9 Å². The number of carbonyl (C=O) groups is 1. The van der Waals surface area contributed by atoms with E-state index in [1.54, 1.807) is 7.05 Å². The van der Waals surface area contributed by atoms with Crippen LogP contribution >= 0.6 is 0 Å². The molecule has 4 nitrogen and oxygen atoms in total. The van der Waals surface area contributed by atoms with Gasteiger partial charge in [-0.15, -0.1) is 0 Å². The van der Waals surface area contributed by atoms with Crippen LogP contribution < -0.4 is 5.32 Å². The second-order valence-electron chi connectivity index (χ2n) is 4.49. The molecule has 0 aromatic heterocycles. The van der Waals surface area contributed by atoms with Crippen molar-refractivity contribution in [2.45, 2.75) is 38.1 Å². The summed E-state index contributed by atoms with van der Waals surface area (Å²) < 4.78 is 0. The number of carbonyl (C=O) groups excluding carboxylic acids is 1. The van der Waals surface area contributed by atoms with Crippen LogP contribution in [-0.2, 0) is 4.79 Å². The zero-order valence-electron chi connectivity index (χ0n) is 10.2. The van der Waals surface area contributed by atoms with Crippen LogP contribution in [0.4, 0.5) is 0 Å². The highest BCUT2D eigenvalue weighted by atomic mass is 16.1. The lowest BCUT2D eigenvalue weighted by Gasteiger charge is -2.34. The number of nitrogens with one attached hydrogen (secondary N) is 1. The fourth-order valence-electron chi connectivity index (χ4n) is 2.36. The summed E-state index contributed by atoms with van der Waals surface area (Å²) >= 11 is 0. The Balaban J connectivity index is 2.42. The normalized spacial score (nSPS) is 25.1. The van der Waals surface area contributed by atoms with Crippen LogP contribution in [0.1, 0.15) is 32.1 Å². The molecule has 1 N–H and O–H groups in total. The predicted molar refractivity (Wildman–Crippen MR) is 62.7 cm³/mol. The monoisotopic (exact) mass is 223 g/mol. The molecule has 4 heteroatoms. The fraction of sp³-hybridized carbons (Fsp3) is 0.833. The number of hydrogen-bond acceptors (Lipinski definition) is 3. The summed E-state index contributed by atoms with van der Waals surface area (Å²) in [7, 11) is 3.67. The van der Waals surface area contributed by atoms with Gasteiger partial charge in [0.1, 0.15) is 0 Å². The van der Waals surface area contributed by atoms with E-state index in [2.05, 4.69) is 16.3 Å². The molecule has 0 heterocycles. The van der Waals surface area contributed by atoms with Crippen LogP contribution in [-0.4, -0.2) is 37.5 Å². The minimum absolute atomic E-state index is 0.0659. The van der Waals surface area contributed by atoms with Crippen molar-refractivity contribution in [2.75, 3.05) is 20.6 Å². The van der Waals surface area contributed by atoms with Crippen LogP contribution in [0.3, 0.4) is 0 Å². The summed E-state index contributed by atoms with van der Waals surface area (Å²) in [5.74, 6) is 0.208. The van der Waals surface area contributed by atoms with Gasteiger partial charge in [-0.2, -0.15) is 5.26 Å². The third kappa shape index (κ3) is 3.49. The van der Waals surface area contributed by atoms with Gasteiger partial charge in [-0.1, -0.05) is 12.8 Å². The van der Waals surface area contributed by atoms with Crippen molar-refractivity contribution in [3.8, 4) is 6.07 Å². The summed E-state index contributed by atoms with van der Waals surface area (Å²) in [5, 5.41) is 11.7. The molecule has 90 valence electrons. The molecule has 1 aliphatic carbocycles. The summed E-state index contributed by atoms with van der Waals surface area (Å²) in [6, 6.07) is 2.73. The molecule has 1 aliphatic rings. The molecule has 0 aliphatic heterocycles. The average molecular weight is 223 g/mol. The van der Waals surface area contributed by atoms with Gasteiger partial charge in [0.15, 0.2) is 0 Å². The maximum absolute atomic E-state index is 11.1. The first-order valence-electron chi connectivity index (χ1n) is 5.99. The fourth-order valence-corrected chi connectivity index (χ4v) is 2.36. The first-order valence-corrected chi connectivity index (χ1v) is 5.99. The number of amides is 1. The molecule has 0 radical (unpaired) electrons. The van der Waals surface area contributed by atoms with E-state index in [-0.39, 0.29) is 11.8 Å². The summed E-state index contributed by atoms with van der Waals surface area (Å²) in [6.07, 6.45) is 4.97. The van der Waals surface area contributed by atoms with E-state index < -0.39 is 0 Å². The Labute approximate surface area is 97.6 Å². The van der Waals surface area contributed by atoms with Gasteiger partial charge in [0.05, 0.1) is 12.0 Å². The van der Waals surface area contributed by atoms with Crippen molar-refractivity contribution < 1.29 is 4.79 Å². The molecular formula is C12H21N3O. The third-order valence-corrected chi connectivity index (χ3v) is 3.43.